The lowest BCUT2D eigenvalue weighted by molar-refractivity contribution is -0.124. The largest absolute Gasteiger partial charge is 0.369 e. The highest BCUT2D eigenvalue weighted by Gasteiger charge is 2.36. The molecule has 0 atom stereocenters. The Morgan fingerprint density at radius 3 is 2.31 bits per heavy atom. The number of para-hydroxylation sites is 1. The van der Waals surface area contributed by atoms with Crippen LogP contribution in [-0.2, 0) is 4.79 Å². The maximum atomic E-state index is 12.8. The Bertz CT molecular complexity index is 947. The number of benzene rings is 2. The third-order valence-electron chi connectivity index (χ3n) is 5.42. The predicted octanol–water partition coefficient (Wildman–Crippen LogP) is 4.12. The van der Waals surface area contributed by atoms with Gasteiger partial charge in [-0.15, -0.1) is 0 Å². The minimum Gasteiger partial charge on any atom is -0.369 e. The standard InChI is InChI=1S/C23H25N3O2S/c1-17-7-9-19(10-8-17)15-21-22(27)26(23(28)29-21)16-24-11-13-25(14-12-24)20-6-4-3-5-18(20)2/h3-10,15H,11-14,16H2,1-2H3. The van der Waals surface area contributed by atoms with Crippen LogP contribution in [0.25, 0.3) is 6.08 Å². The van der Waals surface area contributed by atoms with Crippen LogP contribution in [0.1, 0.15) is 16.7 Å². The highest BCUT2D eigenvalue weighted by molar-refractivity contribution is 8.18. The van der Waals surface area contributed by atoms with Gasteiger partial charge in [0.25, 0.3) is 11.1 Å². The van der Waals surface area contributed by atoms with Crippen LogP contribution < -0.4 is 4.90 Å². The molecular weight excluding hydrogens is 382 g/mol. The van der Waals surface area contributed by atoms with E-state index in [9.17, 15) is 9.59 Å². The van der Waals surface area contributed by atoms with E-state index in [4.69, 9.17) is 0 Å². The number of imide groups is 1. The van der Waals surface area contributed by atoms with Gasteiger partial charge in [-0.2, -0.15) is 0 Å². The average Bonchev–Trinajstić information content (AvgIpc) is 2.98. The zero-order chi connectivity index (χ0) is 20.4. The molecule has 2 aromatic carbocycles. The minimum absolute atomic E-state index is 0.185. The monoisotopic (exact) mass is 407 g/mol. The molecule has 0 N–H and O–H groups in total. The van der Waals surface area contributed by atoms with Crippen molar-refractivity contribution in [2.75, 3.05) is 37.7 Å². The zero-order valence-corrected chi connectivity index (χ0v) is 17.6. The van der Waals surface area contributed by atoms with Crippen LogP contribution in [-0.4, -0.2) is 53.8 Å². The molecule has 2 fully saturated rings. The molecule has 2 heterocycles. The molecule has 0 unspecified atom stereocenters. The van der Waals surface area contributed by atoms with Crippen LogP contribution in [0.15, 0.2) is 53.4 Å². The van der Waals surface area contributed by atoms with Gasteiger partial charge in [0.1, 0.15) is 0 Å². The highest BCUT2D eigenvalue weighted by atomic mass is 32.2. The molecule has 2 amide bonds. The van der Waals surface area contributed by atoms with E-state index in [2.05, 4.69) is 41.0 Å². The smallest absolute Gasteiger partial charge is 0.294 e. The fourth-order valence-electron chi connectivity index (χ4n) is 3.68. The number of thioether (sulfide) groups is 1. The van der Waals surface area contributed by atoms with Crippen molar-refractivity contribution in [2.24, 2.45) is 0 Å². The van der Waals surface area contributed by atoms with Gasteiger partial charge in [-0.1, -0.05) is 48.0 Å². The van der Waals surface area contributed by atoms with Gasteiger partial charge in [-0.3, -0.25) is 19.4 Å². The second kappa shape index (κ2) is 8.43. The fraction of sp³-hybridized carbons (Fsp3) is 0.304. The summed E-state index contributed by atoms with van der Waals surface area (Å²) in [5, 5.41) is -0.185. The number of nitrogens with zero attached hydrogens (tertiary/aromatic N) is 3. The topological polar surface area (TPSA) is 43.9 Å². The Morgan fingerprint density at radius 1 is 0.931 bits per heavy atom. The number of aryl methyl sites for hydroxylation is 2. The lowest BCUT2D eigenvalue weighted by atomic mass is 10.1. The fourth-order valence-corrected chi connectivity index (χ4v) is 4.52. The Morgan fingerprint density at radius 2 is 1.62 bits per heavy atom. The second-order valence-electron chi connectivity index (χ2n) is 7.55. The van der Waals surface area contributed by atoms with E-state index in [1.165, 1.54) is 21.7 Å². The molecule has 2 aromatic rings. The number of carbonyl (C=O) groups is 2. The quantitative estimate of drug-likeness (QED) is 0.714. The van der Waals surface area contributed by atoms with Gasteiger partial charge in [0.05, 0.1) is 11.6 Å². The number of rotatable bonds is 4. The van der Waals surface area contributed by atoms with Crippen molar-refractivity contribution in [3.63, 3.8) is 0 Å². The Balaban J connectivity index is 1.38. The molecule has 0 spiro atoms. The average molecular weight is 408 g/mol. The lowest BCUT2D eigenvalue weighted by Crippen LogP contribution is -2.51. The molecule has 29 heavy (non-hydrogen) atoms. The summed E-state index contributed by atoms with van der Waals surface area (Å²) in [5.74, 6) is -0.193. The van der Waals surface area contributed by atoms with E-state index in [1.54, 1.807) is 6.08 Å². The third kappa shape index (κ3) is 4.38. The summed E-state index contributed by atoms with van der Waals surface area (Å²) in [6.45, 7) is 7.94. The van der Waals surface area contributed by atoms with Crippen LogP contribution in [0, 0.1) is 13.8 Å². The first-order chi connectivity index (χ1) is 14.0. The predicted molar refractivity (Wildman–Crippen MR) is 119 cm³/mol. The molecule has 2 saturated heterocycles. The van der Waals surface area contributed by atoms with Crippen molar-refractivity contribution in [3.05, 3.63) is 70.1 Å². The summed E-state index contributed by atoms with van der Waals surface area (Å²) in [5.41, 5.74) is 4.64. The van der Waals surface area contributed by atoms with Gasteiger partial charge in [-0.25, -0.2) is 0 Å². The van der Waals surface area contributed by atoms with Crippen molar-refractivity contribution in [3.8, 4) is 0 Å². The number of carbonyl (C=O) groups excluding carboxylic acids is 2. The van der Waals surface area contributed by atoms with E-state index in [-0.39, 0.29) is 11.1 Å². The number of piperazine rings is 1. The van der Waals surface area contributed by atoms with E-state index >= 15 is 0 Å². The summed E-state index contributed by atoms with van der Waals surface area (Å²) in [7, 11) is 0. The summed E-state index contributed by atoms with van der Waals surface area (Å²) < 4.78 is 0. The Kier molecular flexibility index (Phi) is 5.74. The number of amides is 2. The van der Waals surface area contributed by atoms with Crippen molar-refractivity contribution < 1.29 is 9.59 Å². The molecule has 150 valence electrons. The SMILES string of the molecule is Cc1ccc(C=C2SC(=O)N(CN3CCN(c4ccccc4C)CC3)C2=O)cc1. The van der Waals surface area contributed by atoms with Gasteiger partial charge < -0.3 is 4.90 Å². The molecule has 4 rings (SSSR count). The Labute approximate surface area is 176 Å². The molecule has 0 aliphatic carbocycles. The van der Waals surface area contributed by atoms with Crippen LogP contribution in [0.4, 0.5) is 10.5 Å². The van der Waals surface area contributed by atoms with Crippen LogP contribution in [0.2, 0.25) is 0 Å². The molecule has 0 bridgehead atoms. The maximum Gasteiger partial charge on any atom is 0.294 e. The molecule has 6 heteroatoms. The molecular formula is C23H25N3O2S. The van der Waals surface area contributed by atoms with Crippen molar-refractivity contribution in [1.82, 2.24) is 9.80 Å². The first kappa shape index (κ1) is 19.7. The van der Waals surface area contributed by atoms with Crippen molar-refractivity contribution in [1.29, 1.82) is 0 Å². The first-order valence-corrected chi connectivity index (χ1v) is 10.7. The van der Waals surface area contributed by atoms with Crippen LogP contribution in [0.5, 0.6) is 0 Å². The van der Waals surface area contributed by atoms with Gasteiger partial charge in [0.2, 0.25) is 0 Å². The maximum absolute atomic E-state index is 12.8. The van der Waals surface area contributed by atoms with E-state index in [0.717, 1.165) is 43.5 Å². The molecule has 0 saturated carbocycles. The second-order valence-corrected chi connectivity index (χ2v) is 8.55. The van der Waals surface area contributed by atoms with Gasteiger partial charge in [0, 0.05) is 31.9 Å². The van der Waals surface area contributed by atoms with Crippen molar-refractivity contribution in [2.45, 2.75) is 13.8 Å². The van der Waals surface area contributed by atoms with E-state index in [0.29, 0.717) is 11.6 Å². The van der Waals surface area contributed by atoms with Crippen LogP contribution in [0.3, 0.4) is 0 Å². The van der Waals surface area contributed by atoms with Gasteiger partial charge in [0.15, 0.2) is 0 Å². The minimum atomic E-state index is -0.193. The summed E-state index contributed by atoms with van der Waals surface area (Å²) in [4.78, 5) is 31.6. The van der Waals surface area contributed by atoms with Gasteiger partial charge >= 0.3 is 0 Å². The van der Waals surface area contributed by atoms with E-state index < -0.39 is 0 Å². The van der Waals surface area contributed by atoms with E-state index in [1.807, 2.05) is 31.2 Å². The molecule has 5 nitrogen and oxygen atoms in total. The number of hydrogen-bond donors (Lipinski definition) is 0. The van der Waals surface area contributed by atoms with Gasteiger partial charge in [-0.05, 0) is 48.9 Å². The zero-order valence-electron chi connectivity index (χ0n) is 16.8. The third-order valence-corrected chi connectivity index (χ3v) is 6.33. The Hall–Kier alpha value is -2.57. The van der Waals surface area contributed by atoms with Crippen LogP contribution >= 0.6 is 11.8 Å². The summed E-state index contributed by atoms with van der Waals surface area (Å²) in [6, 6.07) is 16.3. The molecule has 2 aliphatic heterocycles. The van der Waals surface area contributed by atoms with Crippen molar-refractivity contribution >= 4 is 34.7 Å². The summed E-state index contributed by atoms with van der Waals surface area (Å²) in [6.07, 6.45) is 1.81. The molecule has 0 radical (unpaired) electrons. The highest BCUT2D eigenvalue weighted by Crippen LogP contribution is 2.32. The lowest BCUT2D eigenvalue weighted by Gasteiger charge is -2.37. The summed E-state index contributed by atoms with van der Waals surface area (Å²) >= 11 is 1.03. The number of anilines is 1. The first-order valence-electron chi connectivity index (χ1n) is 9.86. The molecule has 2 aliphatic rings. The normalized spacial score (nSPS) is 19.4. The molecule has 0 aromatic heterocycles. The number of hydrogen-bond acceptors (Lipinski definition) is 5.